The summed E-state index contributed by atoms with van der Waals surface area (Å²) in [4.78, 5) is 46.6. The summed E-state index contributed by atoms with van der Waals surface area (Å²) in [7, 11) is 0. The third kappa shape index (κ3) is 9.04. The van der Waals surface area contributed by atoms with Gasteiger partial charge in [-0.3, -0.25) is 9.59 Å². The number of nitrogens with zero attached hydrogens (tertiary/aromatic N) is 3. The van der Waals surface area contributed by atoms with E-state index in [1.165, 1.54) is 4.90 Å². The first-order valence-electron chi connectivity index (χ1n) is 19.4. The summed E-state index contributed by atoms with van der Waals surface area (Å²) in [5.74, 6) is -0.144. The first-order valence-corrected chi connectivity index (χ1v) is 20.2. The average Bonchev–Trinajstić information content (AvgIpc) is 3.62. The lowest BCUT2D eigenvalue weighted by Crippen LogP contribution is -2.56. The van der Waals surface area contributed by atoms with Crippen molar-refractivity contribution in [1.82, 2.24) is 15.2 Å². The van der Waals surface area contributed by atoms with E-state index in [2.05, 4.69) is 16.4 Å². The Kier molecular flexibility index (Phi) is 11.7. The number of carboxylic acid groups (broad SMARTS) is 1. The molecule has 3 heterocycles. The Morgan fingerprint density at radius 1 is 0.902 bits per heavy atom. The minimum absolute atomic E-state index is 0.00189. The Morgan fingerprint density at radius 2 is 1.59 bits per heavy atom. The molecule has 0 spiro atoms. The van der Waals surface area contributed by atoms with Crippen LogP contribution >= 0.6 is 23.2 Å². The Hall–Kier alpha value is -6.81. The fourth-order valence-corrected chi connectivity index (χ4v) is 7.80. The highest BCUT2D eigenvalue weighted by Gasteiger charge is 2.39. The van der Waals surface area contributed by atoms with Crippen molar-refractivity contribution in [3.8, 4) is 34.4 Å². The summed E-state index contributed by atoms with van der Waals surface area (Å²) < 4.78 is 24.2. The molecule has 12 nitrogen and oxygen atoms in total. The maximum Gasteiger partial charge on any atom is 0.326 e. The Bertz CT molecular complexity index is 2680. The van der Waals surface area contributed by atoms with Crippen LogP contribution in [0.25, 0.3) is 11.1 Å². The van der Waals surface area contributed by atoms with Crippen LogP contribution in [0.1, 0.15) is 61.6 Å². The molecule has 1 aromatic heterocycles. The van der Waals surface area contributed by atoms with Gasteiger partial charge in [-0.05, 0) is 94.4 Å². The molecule has 0 aliphatic carbocycles. The van der Waals surface area contributed by atoms with E-state index in [-0.39, 0.29) is 31.7 Å². The number of hydrogen-bond acceptors (Lipinski definition) is 9. The van der Waals surface area contributed by atoms with Crippen LogP contribution in [0, 0.1) is 25.2 Å². The molecule has 0 saturated carbocycles. The third-order valence-corrected chi connectivity index (χ3v) is 11.5. The Morgan fingerprint density at radius 3 is 2.25 bits per heavy atom. The SMILES string of the molecule is Cc1nc(C(=O)N2Cc3cc4c(cc3C[C@H]2C(=O)N[C@@H](Cc2ccc(-c3ccc(C#N)cc3)cc2)C(=O)O)OCC(c2ccc(OCc3ccc(Cl)c(Cl)c3)cc2)O4)c(C)o1. The molecule has 0 bridgehead atoms. The molecule has 61 heavy (non-hydrogen) atoms. The average molecular weight is 858 g/mol. The molecule has 2 N–H and O–H groups in total. The van der Waals surface area contributed by atoms with Crippen molar-refractivity contribution in [2.24, 2.45) is 0 Å². The zero-order valence-electron chi connectivity index (χ0n) is 33.0. The van der Waals surface area contributed by atoms with Gasteiger partial charge in [0.1, 0.15) is 36.8 Å². The number of hydrogen-bond donors (Lipinski definition) is 2. The highest BCUT2D eigenvalue weighted by atomic mass is 35.5. The molecule has 2 aliphatic rings. The molecular formula is C47H38Cl2N4O8. The van der Waals surface area contributed by atoms with E-state index in [1.807, 2.05) is 66.7 Å². The molecule has 6 aromatic rings. The number of nitriles is 1. The number of oxazole rings is 1. The lowest BCUT2D eigenvalue weighted by atomic mass is 9.91. The summed E-state index contributed by atoms with van der Waals surface area (Å²) in [6.45, 7) is 3.81. The zero-order valence-corrected chi connectivity index (χ0v) is 34.5. The molecule has 3 atom stereocenters. The van der Waals surface area contributed by atoms with Gasteiger partial charge in [0.2, 0.25) is 5.91 Å². The van der Waals surface area contributed by atoms with Crippen molar-refractivity contribution in [3.63, 3.8) is 0 Å². The molecule has 2 amide bonds. The number of benzene rings is 5. The van der Waals surface area contributed by atoms with Gasteiger partial charge in [0.25, 0.3) is 5.91 Å². The van der Waals surface area contributed by atoms with Crippen molar-refractivity contribution in [2.75, 3.05) is 6.61 Å². The molecule has 0 fully saturated rings. The normalized spacial score (nSPS) is 15.9. The smallest absolute Gasteiger partial charge is 0.326 e. The van der Waals surface area contributed by atoms with Crippen molar-refractivity contribution in [2.45, 2.75) is 58.0 Å². The van der Waals surface area contributed by atoms with Crippen LogP contribution in [-0.2, 0) is 35.6 Å². The van der Waals surface area contributed by atoms with Gasteiger partial charge in [0.15, 0.2) is 29.2 Å². The van der Waals surface area contributed by atoms with Crippen LogP contribution in [-0.4, -0.2) is 51.5 Å². The van der Waals surface area contributed by atoms with Crippen LogP contribution < -0.4 is 19.5 Å². The minimum atomic E-state index is -1.29. The maximum absolute atomic E-state index is 14.2. The molecule has 308 valence electrons. The summed E-state index contributed by atoms with van der Waals surface area (Å²) in [5, 5.41) is 23.0. The van der Waals surface area contributed by atoms with E-state index < -0.39 is 36.0 Å². The molecule has 14 heteroatoms. The highest BCUT2D eigenvalue weighted by molar-refractivity contribution is 6.42. The highest BCUT2D eigenvalue weighted by Crippen LogP contribution is 2.41. The lowest BCUT2D eigenvalue weighted by Gasteiger charge is -2.37. The van der Waals surface area contributed by atoms with E-state index in [9.17, 15) is 19.5 Å². The number of ether oxygens (including phenoxy) is 3. The second kappa shape index (κ2) is 17.4. The van der Waals surface area contributed by atoms with Gasteiger partial charge < -0.3 is 34.0 Å². The van der Waals surface area contributed by atoms with E-state index in [4.69, 9.17) is 47.1 Å². The molecule has 1 unspecified atom stereocenters. The molecule has 2 aliphatic heterocycles. The fraction of sp³-hybridized carbons (Fsp3) is 0.213. The second-order valence-corrected chi connectivity index (χ2v) is 15.7. The van der Waals surface area contributed by atoms with Gasteiger partial charge in [-0.1, -0.05) is 77.8 Å². The van der Waals surface area contributed by atoms with Gasteiger partial charge in [0.05, 0.1) is 21.7 Å². The number of aliphatic carboxylic acids is 1. The van der Waals surface area contributed by atoms with E-state index in [0.717, 1.165) is 33.4 Å². The molecular weight excluding hydrogens is 819 g/mol. The molecule has 0 saturated heterocycles. The van der Waals surface area contributed by atoms with Gasteiger partial charge in [-0.25, -0.2) is 9.78 Å². The van der Waals surface area contributed by atoms with Crippen molar-refractivity contribution >= 4 is 41.0 Å². The van der Waals surface area contributed by atoms with Crippen molar-refractivity contribution in [3.05, 3.63) is 164 Å². The van der Waals surface area contributed by atoms with Crippen LogP contribution in [0.2, 0.25) is 10.0 Å². The summed E-state index contributed by atoms with van der Waals surface area (Å²) in [6.07, 6.45) is -0.351. The molecule has 5 aromatic carbocycles. The summed E-state index contributed by atoms with van der Waals surface area (Å²) in [6, 6.07) is 30.7. The van der Waals surface area contributed by atoms with Crippen LogP contribution in [0.3, 0.4) is 0 Å². The van der Waals surface area contributed by atoms with Gasteiger partial charge in [-0.15, -0.1) is 0 Å². The Balaban J connectivity index is 0.986. The maximum atomic E-state index is 14.2. The van der Waals surface area contributed by atoms with Gasteiger partial charge in [-0.2, -0.15) is 5.26 Å². The van der Waals surface area contributed by atoms with Crippen molar-refractivity contribution < 1.29 is 38.1 Å². The predicted octanol–water partition coefficient (Wildman–Crippen LogP) is 8.61. The van der Waals surface area contributed by atoms with Gasteiger partial charge >= 0.3 is 5.97 Å². The lowest BCUT2D eigenvalue weighted by molar-refractivity contribution is -0.142. The first-order chi connectivity index (χ1) is 29.4. The zero-order chi connectivity index (χ0) is 42.8. The number of carbonyl (C=O) groups is 3. The third-order valence-electron chi connectivity index (χ3n) is 10.7. The topological polar surface area (TPSA) is 164 Å². The van der Waals surface area contributed by atoms with E-state index >= 15 is 0 Å². The Labute approximate surface area is 361 Å². The van der Waals surface area contributed by atoms with Crippen molar-refractivity contribution in [1.29, 1.82) is 5.26 Å². The minimum Gasteiger partial charge on any atom is -0.489 e. The molecule has 8 rings (SSSR count). The fourth-order valence-electron chi connectivity index (χ4n) is 7.48. The first kappa shape index (κ1) is 40.9. The second-order valence-electron chi connectivity index (χ2n) is 14.9. The van der Waals surface area contributed by atoms with E-state index in [1.54, 1.807) is 50.2 Å². The molecule has 0 radical (unpaired) electrons. The summed E-state index contributed by atoms with van der Waals surface area (Å²) >= 11 is 12.2. The number of aromatic nitrogens is 1. The van der Waals surface area contributed by atoms with Crippen LogP contribution in [0.15, 0.2) is 108 Å². The number of amides is 2. The number of halogens is 2. The quantitative estimate of drug-likeness (QED) is 0.129. The van der Waals surface area contributed by atoms with E-state index in [0.29, 0.717) is 56.7 Å². The standard InChI is InChI=1S/C47H38Cl2N4O8/c1-26-44(51-27(2)60-26)46(55)53-23-35-21-42-41(59-25-43(61-42)33-12-14-36(15-13-33)58-24-30-7-16-37(48)38(49)17-30)20-34(35)19-40(53)45(54)52-39(47(56)57)18-28-3-8-31(9-4-28)32-10-5-29(22-50)6-11-32/h3-17,20-21,39-40,43H,18-19,23-25H2,1-2H3,(H,52,54)(H,56,57)/t39-,40-,43?/m0/s1. The number of carbonyl (C=O) groups excluding carboxylic acids is 2. The monoisotopic (exact) mass is 856 g/mol. The summed E-state index contributed by atoms with van der Waals surface area (Å²) in [5.41, 5.74) is 6.34. The number of carboxylic acids is 1. The van der Waals surface area contributed by atoms with Gasteiger partial charge in [0, 0.05) is 26.3 Å². The largest absolute Gasteiger partial charge is 0.489 e. The number of fused-ring (bicyclic) bond motifs is 2. The number of rotatable bonds is 11. The predicted molar refractivity (Wildman–Crippen MR) is 226 cm³/mol. The van der Waals surface area contributed by atoms with Crippen LogP contribution in [0.5, 0.6) is 17.2 Å². The number of nitrogens with one attached hydrogen (secondary N) is 1. The van der Waals surface area contributed by atoms with Crippen LogP contribution in [0.4, 0.5) is 0 Å². The number of aryl methyl sites for hydroxylation is 2.